The first kappa shape index (κ1) is 14.9. The Morgan fingerprint density at radius 1 is 1.23 bits per heavy atom. The van der Waals surface area contributed by atoms with Gasteiger partial charge in [0.15, 0.2) is 0 Å². The van der Waals surface area contributed by atoms with Gasteiger partial charge in [-0.15, -0.1) is 0 Å². The number of aryl methyl sites for hydroxylation is 1. The highest BCUT2D eigenvalue weighted by Gasteiger charge is 2.21. The number of halogens is 1. The Morgan fingerprint density at radius 3 is 2.82 bits per heavy atom. The number of aromatic nitrogens is 3. The number of aromatic amines is 1. The third kappa shape index (κ3) is 2.92. The minimum Gasteiger partial charge on any atom is -0.369 e. The molecule has 0 spiro atoms. The first-order valence-corrected chi connectivity index (χ1v) is 7.64. The fraction of sp³-hybridized carbons (Fsp3) is 0.294. The summed E-state index contributed by atoms with van der Waals surface area (Å²) in [6.45, 7) is 7.14. The van der Waals surface area contributed by atoms with Gasteiger partial charge in [-0.2, -0.15) is 0 Å². The third-order valence-corrected chi connectivity index (χ3v) is 4.10. The Bertz CT molecular complexity index is 807. The monoisotopic (exact) mass is 314 g/mol. The number of H-pyrrole nitrogens is 1. The molecule has 0 radical (unpaired) electrons. The maximum atomic E-state index is 6.10. The number of benzene rings is 1. The van der Waals surface area contributed by atoms with E-state index in [1.165, 1.54) is 5.56 Å². The molecule has 0 bridgehead atoms. The quantitative estimate of drug-likeness (QED) is 0.754. The zero-order valence-corrected chi connectivity index (χ0v) is 13.7. The molecule has 2 heterocycles. The van der Waals surface area contributed by atoms with E-state index < -0.39 is 0 Å². The molecule has 0 amide bonds. The minimum atomic E-state index is -0.0620. The molecule has 0 aliphatic carbocycles. The number of fused-ring (bicyclic) bond motifs is 1. The van der Waals surface area contributed by atoms with Crippen LogP contribution in [0.25, 0.3) is 11.0 Å². The molecule has 114 valence electrons. The summed E-state index contributed by atoms with van der Waals surface area (Å²) in [5, 5.41) is 5.22. The van der Waals surface area contributed by atoms with Crippen molar-refractivity contribution in [2.24, 2.45) is 0 Å². The van der Waals surface area contributed by atoms with Gasteiger partial charge >= 0.3 is 0 Å². The van der Waals surface area contributed by atoms with Crippen molar-refractivity contribution in [3.8, 4) is 0 Å². The molecule has 2 N–H and O–H groups in total. The van der Waals surface area contributed by atoms with Gasteiger partial charge in [0.2, 0.25) is 0 Å². The largest absolute Gasteiger partial charge is 0.369 e. The standard InChI is InChI=1S/C17H19ClN4/c1-11-7-14-15(20-10-21-16(14)22-11)19-9-17(2,3)12-5-4-6-13(18)8-12/h4-8,10H,9H2,1-3H3,(H2,19,20,21,22). The lowest BCUT2D eigenvalue weighted by molar-refractivity contribution is 0.556. The van der Waals surface area contributed by atoms with Gasteiger partial charge in [0.25, 0.3) is 0 Å². The lowest BCUT2D eigenvalue weighted by Gasteiger charge is -2.26. The lowest BCUT2D eigenvalue weighted by atomic mass is 9.84. The summed E-state index contributed by atoms with van der Waals surface area (Å²) in [5.74, 6) is 0.851. The Balaban J connectivity index is 1.84. The van der Waals surface area contributed by atoms with Crippen molar-refractivity contribution in [3.63, 3.8) is 0 Å². The summed E-state index contributed by atoms with van der Waals surface area (Å²) in [6, 6.07) is 10.1. The number of hydrogen-bond donors (Lipinski definition) is 2. The van der Waals surface area contributed by atoms with Crippen molar-refractivity contribution in [1.29, 1.82) is 0 Å². The maximum absolute atomic E-state index is 6.10. The molecular weight excluding hydrogens is 296 g/mol. The van der Waals surface area contributed by atoms with Crippen LogP contribution in [0.2, 0.25) is 5.02 Å². The van der Waals surface area contributed by atoms with Gasteiger partial charge in [0.1, 0.15) is 17.8 Å². The predicted octanol–water partition coefficient (Wildman–Crippen LogP) is 4.31. The Kier molecular flexibility index (Phi) is 3.79. The van der Waals surface area contributed by atoms with E-state index in [9.17, 15) is 0 Å². The van der Waals surface area contributed by atoms with Crippen molar-refractivity contribution in [1.82, 2.24) is 15.0 Å². The van der Waals surface area contributed by atoms with Gasteiger partial charge in [-0.3, -0.25) is 0 Å². The number of anilines is 1. The SMILES string of the molecule is Cc1cc2c(NCC(C)(C)c3cccc(Cl)c3)ncnc2[nH]1. The average molecular weight is 315 g/mol. The highest BCUT2D eigenvalue weighted by atomic mass is 35.5. The van der Waals surface area contributed by atoms with Crippen LogP contribution in [0.1, 0.15) is 25.1 Å². The topological polar surface area (TPSA) is 53.6 Å². The molecule has 0 atom stereocenters. The highest BCUT2D eigenvalue weighted by molar-refractivity contribution is 6.30. The van der Waals surface area contributed by atoms with Crippen LogP contribution in [0.15, 0.2) is 36.7 Å². The molecule has 22 heavy (non-hydrogen) atoms. The summed E-state index contributed by atoms with van der Waals surface area (Å²) >= 11 is 6.10. The second-order valence-electron chi connectivity index (χ2n) is 6.18. The summed E-state index contributed by atoms with van der Waals surface area (Å²) in [5.41, 5.74) is 3.07. The van der Waals surface area contributed by atoms with E-state index in [0.717, 1.165) is 34.1 Å². The van der Waals surface area contributed by atoms with Gasteiger partial charge in [-0.05, 0) is 30.7 Å². The molecule has 0 aliphatic rings. The van der Waals surface area contributed by atoms with E-state index in [2.05, 4.69) is 46.2 Å². The molecule has 3 rings (SSSR count). The predicted molar refractivity (Wildman–Crippen MR) is 91.6 cm³/mol. The van der Waals surface area contributed by atoms with Crippen molar-refractivity contribution < 1.29 is 0 Å². The van der Waals surface area contributed by atoms with Gasteiger partial charge in [-0.1, -0.05) is 37.6 Å². The Hall–Kier alpha value is -2.07. The van der Waals surface area contributed by atoms with E-state index in [1.54, 1.807) is 6.33 Å². The molecule has 5 heteroatoms. The molecule has 1 aromatic carbocycles. The average Bonchev–Trinajstić information content (AvgIpc) is 2.86. The van der Waals surface area contributed by atoms with Crippen LogP contribution in [-0.2, 0) is 5.41 Å². The van der Waals surface area contributed by atoms with Crippen molar-refractivity contribution in [3.05, 3.63) is 52.9 Å². The Morgan fingerprint density at radius 2 is 2.05 bits per heavy atom. The number of nitrogens with zero attached hydrogens (tertiary/aromatic N) is 2. The first-order valence-electron chi connectivity index (χ1n) is 7.26. The number of rotatable bonds is 4. The number of nitrogens with one attached hydrogen (secondary N) is 2. The van der Waals surface area contributed by atoms with E-state index in [1.807, 2.05) is 25.1 Å². The normalized spacial score (nSPS) is 11.8. The highest BCUT2D eigenvalue weighted by Crippen LogP contribution is 2.27. The van der Waals surface area contributed by atoms with Gasteiger partial charge < -0.3 is 10.3 Å². The van der Waals surface area contributed by atoms with Crippen LogP contribution in [0.5, 0.6) is 0 Å². The molecule has 0 fully saturated rings. The maximum Gasteiger partial charge on any atom is 0.143 e. The molecule has 2 aromatic heterocycles. The van der Waals surface area contributed by atoms with Crippen LogP contribution in [0.4, 0.5) is 5.82 Å². The zero-order valence-electron chi connectivity index (χ0n) is 12.9. The van der Waals surface area contributed by atoms with Crippen molar-refractivity contribution in [2.75, 3.05) is 11.9 Å². The lowest BCUT2D eigenvalue weighted by Crippen LogP contribution is -2.28. The van der Waals surface area contributed by atoms with Crippen LogP contribution >= 0.6 is 11.6 Å². The molecule has 0 unspecified atom stereocenters. The second-order valence-corrected chi connectivity index (χ2v) is 6.62. The van der Waals surface area contributed by atoms with Crippen molar-refractivity contribution >= 4 is 28.5 Å². The molecule has 0 saturated carbocycles. The fourth-order valence-corrected chi connectivity index (χ4v) is 2.72. The zero-order chi connectivity index (χ0) is 15.7. The van der Waals surface area contributed by atoms with Gasteiger partial charge in [-0.25, -0.2) is 9.97 Å². The fourth-order valence-electron chi connectivity index (χ4n) is 2.53. The minimum absolute atomic E-state index is 0.0620. The van der Waals surface area contributed by atoms with Crippen LogP contribution in [0, 0.1) is 6.92 Å². The second kappa shape index (κ2) is 5.61. The molecule has 4 nitrogen and oxygen atoms in total. The van der Waals surface area contributed by atoms with Crippen LogP contribution in [-0.4, -0.2) is 21.5 Å². The number of hydrogen-bond acceptors (Lipinski definition) is 3. The van der Waals surface area contributed by atoms with Crippen LogP contribution < -0.4 is 5.32 Å². The Labute approximate surface area is 134 Å². The van der Waals surface area contributed by atoms with E-state index in [0.29, 0.717) is 0 Å². The molecule has 0 saturated heterocycles. The summed E-state index contributed by atoms with van der Waals surface area (Å²) in [6.07, 6.45) is 1.58. The smallest absolute Gasteiger partial charge is 0.143 e. The molecule has 0 aliphatic heterocycles. The van der Waals surface area contributed by atoms with Gasteiger partial charge in [0.05, 0.1) is 5.39 Å². The first-order chi connectivity index (χ1) is 10.5. The van der Waals surface area contributed by atoms with Crippen molar-refractivity contribution in [2.45, 2.75) is 26.2 Å². The van der Waals surface area contributed by atoms with E-state index in [-0.39, 0.29) is 5.41 Å². The van der Waals surface area contributed by atoms with Gasteiger partial charge in [0, 0.05) is 22.7 Å². The summed E-state index contributed by atoms with van der Waals surface area (Å²) in [7, 11) is 0. The summed E-state index contributed by atoms with van der Waals surface area (Å²) < 4.78 is 0. The molecule has 3 aromatic rings. The van der Waals surface area contributed by atoms with E-state index in [4.69, 9.17) is 11.6 Å². The van der Waals surface area contributed by atoms with Crippen LogP contribution in [0.3, 0.4) is 0 Å². The third-order valence-electron chi connectivity index (χ3n) is 3.86. The van der Waals surface area contributed by atoms with E-state index >= 15 is 0 Å². The molecular formula is C17H19ClN4. The summed E-state index contributed by atoms with van der Waals surface area (Å²) in [4.78, 5) is 11.8.